The first-order valence-corrected chi connectivity index (χ1v) is 10.4. The van der Waals surface area contributed by atoms with Gasteiger partial charge in [0.25, 0.3) is 0 Å². The number of benzene rings is 2. The summed E-state index contributed by atoms with van der Waals surface area (Å²) in [7, 11) is 0. The second kappa shape index (κ2) is 6.11. The summed E-state index contributed by atoms with van der Waals surface area (Å²) in [6.45, 7) is 2.27. The van der Waals surface area contributed by atoms with Crippen LogP contribution in [0.1, 0.15) is 51.0 Å². The minimum Gasteiger partial charge on any atom is -0.353 e. The van der Waals surface area contributed by atoms with Crippen molar-refractivity contribution in [3.05, 3.63) is 48.0 Å². The number of hydrogen-bond donors (Lipinski definition) is 1. The maximum atomic E-state index is 12.8. The fourth-order valence-electron chi connectivity index (χ4n) is 6.77. The first kappa shape index (κ1) is 16.4. The summed E-state index contributed by atoms with van der Waals surface area (Å²) >= 11 is 0. The average Bonchev–Trinajstić information content (AvgIpc) is 2.61. The van der Waals surface area contributed by atoms with Crippen molar-refractivity contribution in [1.82, 2.24) is 5.32 Å². The maximum absolute atomic E-state index is 12.8. The summed E-state index contributed by atoms with van der Waals surface area (Å²) in [5.41, 5.74) is 1.52. The van der Waals surface area contributed by atoms with Crippen LogP contribution in [0.3, 0.4) is 0 Å². The lowest BCUT2D eigenvalue weighted by molar-refractivity contribution is -0.125. The van der Waals surface area contributed by atoms with E-state index in [1.54, 1.807) is 0 Å². The predicted octanol–water partition coefficient (Wildman–Crippen LogP) is 5.10. The van der Waals surface area contributed by atoms with Crippen LogP contribution in [0.15, 0.2) is 42.5 Å². The van der Waals surface area contributed by atoms with Gasteiger partial charge in [0.1, 0.15) is 0 Å². The van der Waals surface area contributed by atoms with Gasteiger partial charge >= 0.3 is 0 Å². The van der Waals surface area contributed by atoms with Crippen LogP contribution >= 0.6 is 0 Å². The molecule has 6 rings (SSSR count). The Labute approximate surface area is 156 Å². The smallest absolute Gasteiger partial charge is 0.224 e. The van der Waals surface area contributed by atoms with Crippen LogP contribution in [-0.4, -0.2) is 11.9 Å². The lowest BCUT2D eigenvalue weighted by Crippen LogP contribution is -2.56. The monoisotopic (exact) mass is 347 g/mol. The number of carbonyl (C=O) groups is 1. The molecule has 0 unspecified atom stereocenters. The zero-order chi connectivity index (χ0) is 17.7. The number of hydrogen-bond acceptors (Lipinski definition) is 1. The summed E-state index contributed by atoms with van der Waals surface area (Å²) in [4.78, 5) is 12.8. The highest BCUT2D eigenvalue weighted by molar-refractivity contribution is 5.90. The summed E-state index contributed by atoms with van der Waals surface area (Å²) in [6.07, 6.45) is 8.87. The van der Waals surface area contributed by atoms with E-state index in [0.717, 1.165) is 23.3 Å². The molecule has 1 N–H and O–H groups in total. The molecule has 1 amide bonds. The number of rotatable bonds is 4. The van der Waals surface area contributed by atoms with E-state index in [-0.39, 0.29) is 5.91 Å². The molecule has 0 saturated heterocycles. The molecule has 4 saturated carbocycles. The lowest BCUT2D eigenvalue weighted by Gasteiger charge is -2.59. The van der Waals surface area contributed by atoms with Crippen LogP contribution in [-0.2, 0) is 11.2 Å². The molecule has 4 fully saturated rings. The van der Waals surface area contributed by atoms with Gasteiger partial charge in [0.05, 0.1) is 6.42 Å². The van der Waals surface area contributed by atoms with Crippen LogP contribution in [0.5, 0.6) is 0 Å². The molecule has 0 heterocycles. The molecule has 0 aliphatic heterocycles. The van der Waals surface area contributed by atoms with Crippen molar-refractivity contribution >= 4 is 16.7 Å². The van der Waals surface area contributed by atoms with Crippen molar-refractivity contribution in [2.24, 2.45) is 23.2 Å². The van der Waals surface area contributed by atoms with Crippen molar-refractivity contribution in [2.75, 3.05) is 0 Å². The van der Waals surface area contributed by atoms with E-state index < -0.39 is 0 Å². The number of carbonyl (C=O) groups excluding carboxylic acids is 1. The highest BCUT2D eigenvalue weighted by Gasteiger charge is 2.53. The lowest BCUT2D eigenvalue weighted by atomic mass is 9.48. The molecule has 2 nitrogen and oxygen atoms in total. The topological polar surface area (TPSA) is 29.1 Å². The summed E-state index contributed by atoms with van der Waals surface area (Å²) in [5, 5.41) is 5.83. The molecule has 4 aliphatic rings. The van der Waals surface area contributed by atoms with E-state index in [4.69, 9.17) is 0 Å². The van der Waals surface area contributed by atoms with E-state index in [9.17, 15) is 4.79 Å². The van der Waals surface area contributed by atoms with Crippen LogP contribution in [0.4, 0.5) is 0 Å². The molecule has 2 heteroatoms. The average molecular weight is 348 g/mol. The Balaban J connectivity index is 1.31. The fourth-order valence-corrected chi connectivity index (χ4v) is 6.77. The molecule has 4 aliphatic carbocycles. The molecule has 4 bridgehead atoms. The maximum Gasteiger partial charge on any atom is 0.224 e. The van der Waals surface area contributed by atoms with Gasteiger partial charge in [-0.05, 0) is 85.0 Å². The van der Waals surface area contributed by atoms with Crippen molar-refractivity contribution in [3.8, 4) is 0 Å². The second-order valence-corrected chi connectivity index (χ2v) is 9.38. The summed E-state index contributed by atoms with van der Waals surface area (Å²) in [6, 6.07) is 14.9. The molecule has 136 valence electrons. The Kier molecular flexibility index (Phi) is 3.84. The number of fused-ring (bicyclic) bond motifs is 1. The predicted molar refractivity (Wildman–Crippen MR) is 106 cm³/mol. The molecule has 0 aromatic heterocycles. The molecule has 26 heavy (non-hydrogen) atoms. The summed E-state index contributed by atoms with van der Waals surface area (Å²) < 4.78 is 0. The third-order valence-corrected chi connectivity index (χ3v) is 7.61. The van der Waals surface area contributed by atoms with Crippen LogP contribution in [0.2, 0.25) is 0 Å². The largest absolute Gasteiger partial charge is 0.353 e. The Morgan fingerprint density at radius 2 is 1.62 bits per heavy atom. The van der Waals surface area contributed by atoms with Gasteiger partial charge in [-0.25, -0.2) is 0 Å². The SMILES string of the molecule is C[C@H](NC(=O)Cc1cccc2ccccc12)C12CC3CC(CC(C3)C1)C2. The Morgan fingerprint density at radius 3 is 2.31 bits per heavy atom. The zero-order valence-corrected chi connectivity index (χ0v) is 15.7. The number of nitrogens with one attached hydrogen (secondary N) is 1. The molecule has 0 spiro atoms. The zero-order valence-electron chi connectivity index (χ0n) is 15.7. The normalized spacial score (nSPS) is 33.3. The van der Waals surface area contributed by atoms with Gasteiger partial charge in [-0.2, -0.15) is 0 Å². The van der Waals surface area contributed by atoms with Crippen molar-refractivity contribution < 1.29 is 4.79 Å². The third-order valence-electron chi connectivity index (χ3n) is 7.61. The highest BCUT2D eigenvalue weighted by Crippen LogP contribution is 2.61. The number of amides is 1. The fraction of sp³-hybridized carbons (Fsp3) is 0.542. The van der Waals surface area contributed by atoms with Crippen LogP contribution < -0.4 is 5.32 Å². The molecule has 2 aromatic carbocycles. The van der Waals surface area contributed by atoms with Gasteiger partial charge in [-0.1, -0.05) is 42.5 Å². The summed E-state index contributed by atoms with van der Waals surface area (Å²) in [5.74, 6) is 2.97. The molecule has 2 aromatic rings. The quantitative estimate of drug-likeness (QED) is 0.819. The van der Waals surface area contributed by atoms with Crippen molar-refractivity contribution in [2.45, 2.75) is 57.9 Å². The van der Waals surface area contributed by atoms with Crippen LogP contribution in [0.25, 0.3) is 10.8 Å². The highest BCUT2D eigenvalue weighted by atomic mass is 16.1. The molecular weight excluding hydrogens is 318 g/mol. The van der Waals surface area contributed by atoms with E-state index in [1.165, 1.54) is 49.3 Å². The standard InChI is InChI=1S/C24H29NO/c1-16(24-13-17-9-18(14-24)11-19(10-17)15-24)25-23(26)12-21-7-4-6-20-5-2-3-8-22(20)21/h2-8,16-19H,9-15H2,1H3,(H,25,26)/t16-,17?,18?,19?,24?/m0/s1. The van der Waals surface area contributed by atoms with Crippen molar-refractivity contribution in [3.63, 3.8) is 0 Å². The first-order chi connectivity index (χ1) is 12.6. The first-order valence-electron chi connectivity index (χ1n) is 10.4. The molecular formula is C24H29NO. The van der Waals surface area contributed by atoms with E-state index >= 15 is 0 Å². The van der Waals surface area contributed by atoms with Gasteiger partial charge in [-0.3, -0.25) is 4.79 Å². The van der Waals surface area contributed by atoms with Gasteiger partial charge in [0.2, 0.25) is 5.91 Å². The Hall–Kier alpha value is -1.83. The third kappa shape index (κ3) is 2.74. The van der Waals surface area contributed by atoms with E-state index in [0.29, 0.717) is 17.9 Å². The van der Waals surface area contributed by atoms with Crippen LogP contribution in [0, 0.1) is 23.2 Å². The molecule has 0 radical (unpaired) electrons. The van der Waals surface area contributed by atoms with Gasteiger partial charge in [-0.15, -0.1) is 0 Å². The Bertz CT molecular complexity index is 798. The van der Waals surface area contributed by atoms with Gasteiger partial charge in [0.15, 0.2) is 0 Å². The van der Waals surface area contributed by atoms with Crippen molar-refractivity contribution in [1.29, 1.82) is 0 Å². The van der Waals surface area contributed by atoms with E-state index in [1.807, 2.05) is 0 Å². The second-order valence-electron chi connectivity index (χ2n) is 9.38. The minimum absolute atomic E-state index is 0.185. The molecule has 1 atom stereocenters. The van der Waals surface area contributed by atoms with Gasteiger partial charge in [0, 0.05) is 6.04 Å². The van der Waals surface area contributed by atoms with E-state index in [2.05, 4.69) is 54.7 Å². The minimum atomic E-state index is 0.185. The Morgan fingerprint density at radius 1 is 1.00 bits per heavy atom. The van der Waals surface area contributed by atoms with Gasteiger partial charge < -0.3 is 5.32 Å².